The number of carboxylic acids is 1. The fourth-order valence-corrected chi connectivity index (χ4v) is 2.66. The standard InChI is InChI=1S/C15H19N3O2/c1-11-4-3-5-13(10-16)14(11)18-8-6-17(7-9-18)12(2)15(19)20/h3-5,12H,6-9H2,1-2H3,(H,19,20). The molecular formula is C15H19N3O2. The third-order valence-corrected chi connectivity index (χ3v) is 3.89. The molecule has 1 saturated heterocycles. The maximum Gasteiger partial charge on any atom is 0.320 e. The van der Waals surface area contributed by atoms with E-state index in [1.807, 2.05) is 30.0 Å². The normalized spacial score (nSPS) is 17.6. The molecule has 106 valence electrons. The molecule has 2 rings (SSSR count). The fraction of sp³-hybridized carbons (Fsp3) is 0.467. The zero-order valence-corrected chi connectivity index (χ0v) is 11.8. The van der Waals surface area contributed by atoms with Crippen LogP contribution in [0.25, 0.3) is 0 Å². The van der Waals surface area contributed by atoms with E-state index in [1.165, 1.54) is 0 Å². The summed E-state index contributed by atoms with van der Waals surface area (Å²) in [6.07, 6.45) is 0. The second-order valence-electron chi connectivity index (χ2n) is 5.12. The van der Waals surface area contributed by atoms with Gasteiger partial charge in [-0.2, -0.15) is 5.26 Å². The van der Waals surface area contributed by atoms with Crippen molar-refractivity contribution < 1.29 is 9.90 Å². The van der Waals surface area contributed by atoms with Crippen molar-refractivity contribution in [2.24, 2.45) is 0 Å². The Morgan fingerprint density at radius 1 is 1.35 bits per heavy atom. The monoisotopic (exact) mass is 273 g/mol. The maximum absolute atomic E-state index is 11.0. The molecule has 1 aromatic rings. The Morgan fingerprint density at radius 2 is 2.00 bits per heavy atom. The molecule has 1 heterocycles. The molecule has 5 heteroatoms. The summed E-state index contributed by atoms with van der Waals surface area (Å²) < 4.78 is 0. The summed E-state index contributed by atoms with van der Waals surface area (Å²) in [5.41, 5.74) is 2.76. The predicted octanol–water partition coefficient (Wildman–Crippen LogP) is 1.46. The third-order valence-electron chi connectivity index (χ3n) is 3.89. The number of nitriles is 1. The van der Waals surface area contributed by atoms with Crippen molar-refractivity contribution in [3.8, 4) is 6.07 Å². The molecule has 1 aliphatic heterocycles. The average molecular weight is 273 g/mol. The van der Waals surface area contributed by atoms with E-state index >= 15 is 0 Å². The Labute approximate surface area is 119 Å². The lowest BCUT2D eigenvalue weighted by Crippen LogP contribution is -2.52. The molecule has 1 aromatic carbocycles. The lowest BCUT2D eigenvalue weighted by atomic mass is 10.1. The maximum atomic E-state index is 11.0. The van der Waals surface area contributed by atoms with Gasteiger partial charge in [-0.15, -0.1) is 0 Å². The van der Waals surface area contributed by atoms with Crippen LogP contribution in [0.5, 0.6) is 0 Å². The molecule has 0 bridgehead atoms. The molecule has 1 atom stereocenters. The predicted molar refractivity (Wildman–Crippen MR) is 76.8 cm³/mol. The second-order valence-corrected chi connectivity index (χ2v) is 5.12. The van der Waals surface area contributed by atoms with Gasteiger partial charge in [0.2, 0.25) is 0 Å². The van der Waals surface area contributed by atoms with E-state index in [0.717, 1.165) is 24.3 Å². The third kappa shape index (κ3) is 2.75. The molecule has 0 aliphatic carbocycles. The summed E-state index contributed by atoms with van der Waals surface area (Å²) in [6, 6.07) is 7.50. The highest BCUT2D eigenvalue weighted by molar-refractivity contribution is 5.73. The van der Waals surface area contributed by atoms with Crippen LogP contribution in [0.4, 0.5) is 5.69 Å². The molecule has 1 unspecified atom stereocenters. The Kier molecular flexibility index (Phi) is 4.26. The lowest BCUT2D eigenvalue weighted by molar-refractivity contribution is -0.142. The van der Waals surface area contributed by atoms with Gasteiger partial charge >= 0.3 is 5.97 Å². The summed E-state index contributed by atoms with van der Waals surface area (Å²) in [4.78, 5) is 15.1. The number of carboxylic acid groups (broad SMARTS) is 1. The van der Waals surface area contributed by atoms with Crippen molar-refractivity contribution in [1.29, 1.82) is 5.26 Å². The largest absolute Gasteiger partial charge is 0.480 e. The number of aliphatic carboxylic acids is 1. The van der Waals surface area contributed by atoms with Crippen LogP contribution < -0.4 is 4.90 Å². The Bertz CT molecular complexity index is 543. The van der Waals surface area contributed by atoms with Crippen molar-refractivity contribution in [2.75, 3.05) is 31.1 Å². The number of benzene rings is 1. The van der Waals surface area contributed by atoms with Crippen LogP contribution >= 0.6 is 0 Å². The zero-order chi connectivity index (χ0) is 14.7. The number of aryl methyl sites for hydroxylation is 1. The van der Waals surface area contributed by atoms with Crippen molar-refractivity contribution in [3.63, 3.8) is 0 Å². The van der Waals surface area contributed by atoms with E-state index in [0.29, 0.717) is 18.7 Å². The van der Waals surface area contributed by atoms with E-state index in [9.17, 15) is 10.1 Å². The van der Waals surface area contributed by atoms with Gasteiger partial charge < -0.3 is 10.0 Å². The molecule has 20 heavy (non-hydrogen) atoms. The van der Waals surface area contributed by atoms with Crippen LogP contribution in [0.2, 0.25) is 0 Å². The minimum Gasteiger partial charge on any atom is -0.480 e. The highest BCUT2D eigenvalue weighted by atomic mass is 16.4. The highest BCUT2D eigenvalue weighted by Crippen LogP contribution is 2.26. The number of carbonyl (C=O) groups is 1. The van der Waals surface area contributed by atoms with Gasteiger partial charge in [0.25, 0.3) is 0 Å². The first kappa shape index (κ1) is 14.4. The molecule has 0 spiro atoms. The number of hydrogen-bond donors (Lipinski definition) is 1. The van der Waals surface area contributed by atoms with Crippen molar-refractivity contribution in [1.82, 2.24) is 4.90 Å². The Morgan fingerprint density at radius 3 is 2.55 bits per heavy atom. The summed E-state index contributed by atoms with van der Waals surface area (Å²) in [7, 11) is 0. The molecule has 5 nitrogen and oxygen atoms in total. The Balaban J connectivity index is 2.12. The van der Waals surface area contributed by atoms with Gasteiger partial charge in [-0.25, -0.2) is 0 Å². The quantitative estimate of drug-likeness (QED) is 0.903. The topological polar surface area (TPSA) is 67.6 Å². The molecule has 1 N–H and O–H groups in total. The van der Waals surface area contributed by atoms with Crippen LogP contribution in [0.3, 0.4) is 0 Å². The number of para-hydroxylation sites is 1. The molecule has 0 saturated carbocycles. The Hall–Kier alpha value is -2.06. The first-order chi connectivity index (χ1) is 9.54. The summed E-state index contributed by atoms with van der Waals surface area (Å²) in [5, 5.41) is 18.3. The van der Waals surface area contributed by atoms with Gasteiger partial charge in [0, 0.05) is 26.2 Å². The highest BCUT2D eigenvalue weighted by Gasteiger charge is 2.26. The zero-order valence-electron chi connectivity index (χ0n) is 11.8. The lowest BCUT2D eigenvalue weighted by Gasteiger charge is -2.38. The molecule has 0 amide bonds. The minimum atomic E-state index is -0.785. The number of anilines is 1. The second kappa shape index (κ2) is 5.93. The van der Waals surface area contributed by atoms with E-state index in [4.69, 9.17) is 5.11 Å². The molecule has 1 aliphatic rings. The SMILES string of the molecule is Cc1cccc(C#N)c1N1CCN(C(C)C(=O)O)CC1. The molecular weight excluding hydrogens is 254 g/mol. The van der Waals surface area contributed by atoms with Gasteiger partial charge in [-0.3, -0.25) is 9.69 Å². The van der Waals surface area contributed by atoms with Gasteiger partial charge in [0.15, 0.2) is 0 Å². The number of rotatable bonds is 3. The fourth-order valence-electron chi connectivity index (χ4n) is 2.66. The van der Waals surface area contributed by atoms with Crippen molar-refractivity contribution in [3.05, 3.63) is 29.3 Å². The van der Waals surface area contributed by atoms with Crippen LogP contribution in [-0.4, -0.2) is 48.2 Å². The van der Waals surface area contributed by atoms with Crippen LogP contribution in [0.1, 0.15) is 18.1 Å². The number of hydrogen-bond acceptors (Lipinski definition) is 4. The van der Waals surface area contributed by atoms with Gasteiger partial charge in [0.05, 0.1) is 11.3 Å². The van der Waals surface area contributed by atoms with Crippen molar-refractivity contribution in [2.45, 2.75) is 19.9 Å². The summed E-state index contributed by atoms with van der Waals surface area (Å²) >= 11 is 0. The average Bonchev–Trinajstić information content (AvgIpc) is 2.46. The van der Waals surface area contributed by atoms with Crippen LogP contribution in [0.15, 0.2) is 18.2 Å². The number of piperazine rings is 1. The van der Waals surface area contributed by atoms with Gasteiger partial charge in [-0.1, -0.05) is 12.1 Å². The first-order valence-corrected chi connectivity index (χ1v) is 6.76. The van der Waals surface area contributed by atoms with Crippen molar-refractivity contribution >= 4 is 11.7 Å². The molecule has 1 fully saturated rings. The first-order valence-electron chi connectivity index (χ1n) is 6.76. The molecule has 0 radical (unpaired) electrons. The van der Waals surface area contributed by atoms with Crippen LogP contribution in [-0.2, 0) is 4.79 Å². The number of nitrogens with zero attached hydrogens (tertiary/aromatic N) is 3. The molecule has 0 aromatic heterocycles. The summed E-state index contributed by atoms with van der Waals surface area (Å²) in [6.45, 7) is 6.61. The van der Waals surface area contributed by atoms with E-state index in [2.05, 4.69) is 11.0 Å². The van der Waals surface area contributed by atoms with E-state index in [-0.39, 0.29) is 0 Å². The van der Waals surface area contributed by atoms with Crippen LogP contribution in [0, 0.1) is 18.3 Å². The smallest absolute Gasteiger partial charge is 0.320 e. The van der Waals surface area contributed by atoms with E-state index < -0.39 is 12.0 Å². The van der Waals surface area contributed by atoms with Gasteiger partial charge in [-0.05, 0) is 25.5 Å². The van der Waals surface area contributed by atoms with Gasteiger partial charge in [0.1, 0.15) is 12.1 Å². The summed E-state index contributed by atoms with van der Waals surface area (Å²) in [5.74, 6) is -0.785. The minimum absolute atomic E-state index is 0.454. The van der Waals surface area contributed by atoms with E-state index in [1.54, 1.807) is 6.92 Å².